The van der Waals surface area contributed by atoms with Gasteiger partial charge in [0, 0.05) is 44.5 Å². The molecule has 1 aromatic carbocycles. The van der Waals surface area contributed by atoms with E-state index in [1.165, 1.54) is 6.07 Å². The van der Waals surface area contributed by atoms with Gasteiger partial charge in [-0.2, -0.15) is 0 Å². The summed E-state index contributed by atoms with van der Waals surface area (Å²) in [5.41, 5.74) is 2.26. The molecular weight excluding hydrogens is 490 g/mol. The molecule has 6 rings (SSSR count). The highest BCUT2D eigenvalue weighted by Gasteiger charge is 2.24. The fourth-order valence-electron chi connectivity index (χ4n) is 5.18. The molecule has 11 heteroatoms. The van der Waals surface area contributed by atoms with E-state index in [1.54, 1.807) is 6.07 Å². The van der Waals surface area contributed by atoms with Crippen LogP contribution in [0.1, 0.15) is 31.3 Å². The molecular formula is C27H30F2N8O. The Labute approximate surface area is 219 Å². The van der Waals surface area contributed by atoms with Crippen molar-refractivity contribution in [1.29, 1.82) is 0 Å². The van der Waals surface area contributed by atoms with E-state index in [0.29, 0.717) is 35.9 Å². The van der Waals surface area contributed by atoms with E-state index in [1.807, 2.05) is 29.8 Å². The van der Waals surface area contributed by atoms with Crippen LogP contribution in [0.3, 0.4) is 0 Å². The van der Waals surface area contributed by atoms with Crippen molar-refractivity contribution in [1.82, 2.24) is 34.3 Å². The van der Waals surface area contributed by atoms with Gasteiger partial charge in [-0.25, -0.2) is 28.7 Å². The summed E-state index contributed by atoms with van der Waals surface area (Å²) in [4.78, 5) is 22.2. The molecule has 1 saturated heterocycles. The highest BCUT2D eigenvalue weighted by atomic mass is 19.1. The molecule has 9 nitrogen and oxygen atoms in total. The minimum atomic E-state index is -0.643. The van der Waals surface area contributed by atoms with E-state index in [-0.39, 0.29) is 23.2 Å². The van der Waals surface area contributed by atoms with Gasteiger partial charge in [0.15, 0.2) is 11.6 Å². The second-order valence-electron chi connectivity index (χ2n) is 9.87. The van der Waals surface area contributed by atoms with Crippen LogP contribution in [0.2, 0.25) is 0 Å². The average Bonchev–Trinajstić information content (AvgIpc) is 3.32. The normalized spacial score (nSPS) is 18.6. The standard InChI is InChI=1S/C27H30F2N8O/c1-3-35-6-8-36(9-7-35)14-18-4-5-23(30-12-18)32-27-31-13-21(29)25(34-27)19-10-20(28)26-22(11-19)37-17(2)15-38-16-24(37)33-26/h4-5,10-13,17H,3,6-9,14-16H2,1-2H3,(H,30,31,32,34)/t17-/m0/s1. The number of nitrogens with zero attached hydrogens (tertiary/aromatic N) is 7. The third kappa shape index (κ3) is 4.84. The number of rotatable bonds is 6. The molecule has 198 valence electrons. The summed E-state index contributed by atoms with van der Waals surface area (Å²) in [5.74, 6) is 0.193. The lowest BCUT2D eigenvalue weighted by atomic mass is 10.1. The Kier molecular flexibility index (Phi) is 6.73. The quantitative estimate of drug-likeness (QED) is 0.406. The molecule has 2 aliphatic rings. The van der Waals surface area contributed by atoms with Crippen LogP contribution in [0, 0.1) is 11.6 Å². The Morgan fingerprint density at radius 1 is 1.00 bits per heavy atom. The summed E-state index contributed by atoms with van der Waals surface area (Å²) in [6.45, 7) is 11.2. The molecule has 0 aliphatic carbocycles. The highest BCUT2D eigenvalue weighted by Crippen LogP contribution is 2.32. The zero-order chi connectivity index (χ0) is 26.2. The van der Waals surface area contributed by atoms with Crippen molar-refractivity contribution < 1.29 is 13.5 Å². The number of nitrogens with one attached hydrogen (secondary N) is 1. The zero-order valence-electron chi connectivity index (χ0n) is 21.5. The number of aromatic nitrogens is 5. The summed E-state index contributed by atoms with van der Waals surface area (Å²) in [6.07, 6.45) is 2.91. The number of fused-ring (bicyclic) bond motifs is 3. The predicted molar refractivity (Wildman–Crippen MR) is 140 cm³/mol. The third-order valence-electron chi connectivity index (χ3n) is 7.25. The molecule has 2 aliphatic heterocycles. The molecule has 3 aromatic heterocycles. The molecule has 5 heterocycles. The molecule has 0 amide bonds. The van der Waals surface area contributed by atoms with Crippen LogP contribution in [-0.2, 0) is 17.9 Å². The van der Waals surface area contributed by atoms with Crippen LogP contribution in [-0.4, -0.2) is 73.6 Å². The van der Waals surface area contributed by atoms with Crippen molar-refractivity contribution in [2.24, 2.45) is 0 Å². The number of hydrogen-bond acceptors (Lipinski definition) is 8. The van der Waals surface area contributed by atoms with E-state index in [0.717, 1.165) is 51.0 Å². The van der Waals surface area contributed by atoms with Gasteiger partial charge in [0.05, 0.1) is 24.4 Å². The van der Waals surface area contributed by atoms with Gasteiger partial charge in [-0.05, 0) is 37.2 Å². The van der Waals surface area contributed by atoms with Crippen molar-refractivity contribution in [3.05, 3.63) is 59.7 Å². The maximum absolute atomic E-state index is 15.1. The second-order valence-corrected chi connectivity index (χ2v) is 9.87. The second kappa shape index (κ2) is 10.3. The SMILES string of the molecule is CCN1CCN(Cc2ccc(Nc3ncc(F)c(-c4cc(F)c5nc6n(c5c4)[C@@H](C)COC6)n3)nc2)CC1. The smallest absolute Gasteiger partial charge is 0.229 e. The van der Waals surface area contributed by atoms with Crippen LogP contribution >= 0.6 is 0 Å². The molecule has 0 saturated carbocycles. The Bertz CT molecular complexity index is 1450. The molecule has 0 radical (unpaired) electrons. The van der Waals surface area contributed by atoms with E-state index in [9.17, 15) is 4.39 Å². The lowest BCUT2D eigenvalue weighted by molar-refractivity contribution is 0.0621. The zero-order valence-corrected chi connectivity index (χ0v) is 21.5. The number of anilines is 2. The molecule has 0 unspecified atom stereocenters. The van der Waals surface area contributed by atoms with Crippen molar-refractivity contribution in [2.45, 2.75) is 33.0 Å². The predicted octanol–water partition coefficient (Wildman–Crippen LogP) is 4.14. The van der Waals surface area contributed by atoms with Crippen LogP contribution in [0.5, 0.6) is 0 Å². The topological polar surface area (TPSA) is 84.2 Å². The van der Waals surface area contributed by atoms with Crippen LogP contribution in [0.4, 0.5) is 20.5 Å². The first-order valence-electron chi connectivity index (χ1n) is 13.0. The Balaban J connectivity index is 1.21. The fourth-order valence-corrected chi connectivity index (χ4v) is 5.18. The van der Waals surface area contributed by atoms with E-state index in [4.69, 9.17) is 4.74 Å². The molecule has 1 fully saturated rings. The molecule has 0 bridgehead atoms. The minimum absolute atomic E-state index is 0.00130. The number of pyridine rings is 1. The van der Waals surface area contributed by atoms with Crippen molar-refractivity contribution in [3.63, 3.8) is 0 Å². The molecule has 1 atom stereocenters. The number of ether oxygens (including phenoxy) is 1. The number of imidazole rings is 1. The average molecular weight is 521 g/mol. The van der Waals surface area contributed by atoms with Gasteiger partial charge in [-0.1, -0.05) is 13.0 Å². The van der Waals surface area contributed by atoms with Crippen molar-refractivity contribution >= 4 is 22.8 Å². The first kappa shape index (κ1) is 24.8. The number of benzene rings is 1. The van der Waals surface area contributed by atoms with Gasteiger partial charge in [-0.3, -0.25) is 4.90 Å². The number of piperazine rings is 1. The summed E-state index contributed by atoms with van der Waals surface area (Å²) in [5, 5.41) is 3.04. The first-order chi connectivity index (χ1) is 18.5. The Morgan fingerprint density at radius 3 is 2.58 bits per heavy atom. The Hall–Kier alpha value is -3.54. The van der Waals surface area contributed by atoms with Crippen LogP contribution in [0.25, 0.3) is 22.3 Å². The van der Waals surface area contributed by atoms with Gasteiger partial charge in [0.2, 0.25) is 5.95 Å². The summed E-state index contributed by atoms with van der Waals surface area (Å²) < 4.78 is 37.4. The third-order valence-corrected chi connectivity index (χ3v) is 7.25. The van der Waals surface area contributed by atoms with E-state index < -0.39 is 11.6 Å². The number of likely N-dealkylation sites (N-methyl/N-ethyl adjacent to an activating group) is 1. The molecule has 4 aromatic rings. The largest absolute Gasteiger partial charge is 0.371 e. The summed E-state index contributed by atoms with van der Waals surface area (Å²) in [6, 6.07) is 6.84. The minimum Gasteiger partial charge on any atom is -0.371 e. The lowest BCUT2D eigenvalue weighted by Gasteiger charge is -2.33. The van der Waals surface area contributed by atoms with E-state index in [2.05, 4.69) is 42.0 Å². The van der Waals surface area contributed by atoms with Crippen molar-refractivity contribution in [3.8, 4) is 11.3 Å². The lowest BCUT2D eigenvalue weighted by Crippen LogP contribution is -2.45. The molecule has 1 N–H and O–H groups in total. The summed E-state index contributed by atoms with van der Waals surface area (Å²) in [7, 11) is 0. The highest BCUT2D eigenvalue weighted by molar-refractivity contribution is 5.83. The van der Waals surface area contributed by atoms with Gasteiger partial charge in [-0.15, -0.1) is 0 Å². The van der Waals surface area contributed by atoms with Crippen molar-refractivity contribution in [2.75, 3.05) is 44.6 Å². The van der Waals surface area contributed by atoms with Crippen LogP contribution in [0.15, 0.2) is 36.7 Å². The van der Waals surface area contributed by atoms with Gasteiger partial charge in [0.1, 0.15) is 29.5 Å². The fraction of sp³-hybridized carbons (Fsp3) is 0.407. The van der Waals surface area contributed by atoms with Gasteiger partial charge < -0.3 is 19.5 Å². The van der Waals surface area contributed by atoms with Crippen LogP contribution < -0.4 is 5.32 Å². The van der Waals surface area contributed by atoms with E-state index >= 15 is 4.39 Å². The Morgan fingerprint density at radius 2 is 1.82 bits per heavy atom. The maximum atomic E-state index is 15.1. The van der Waals surface area contributed by atoms with Gasteiger partial charge in [0.25, 0.3) is 0 Å². The number of hydrogen-bond donors (Lipinski definition) is 1. The monoisotopic (exact) mass is 520 g/mol. The van der Waals surface area contributed by atoms with Gasteiger partial charge >= 0.3 is 0 Å². The summed E-state index contributed by atoms with van der Waals surface area (Å²) >= 11 is 0. The molecule has 0 spiro atoms. The first-order valence-corrected chi connectivity index (χ1v) is 13.0. The number of halogens is 2. The molecule has 38 heavy (non-hydrogen) atoms. The maximum Gasteiger partial charge on any atom is 0.229 e.